The van der Waals surface area contributed by atoms with Crippen molar-refractivity contribution in [2.24, 2.45) is 5.92 Å². The number of nitrogens with zero attached hydrogens (tertiary/aromatic N) is 1. The van der Waals surface area contributed by atoms with Crippen molar-refractivity contribution in [3.63, 3.8) is 0 Å². The molecular weight excluding hydrogens is 220 g/mol. The normalized spacial score (nSPS) is 26.0. The van der Waals surface area contributed by atoms with Gasteiger partial charge in [-0.15, -0.1) is 0 Å². The number of aliphatic carboxylic acids is 1. The Hall–Kier alpha value is -0.650. The van der Waals surface area contributed by atoms with Crippen molar-refractivity contribution in [1.29, 1.82) is 0 Å². The molecule has 17 heavy (non-hydrogen) atoms. The number of aliphatic hydroxyl groups excluding tert-OH is 1. The van der Waals surface area contributed by atoms with Crippen molar-refractivity contribution >= 4 is 5.97 Å². The second kappa shape index (κ2) is 7.63. The third-order valence-corrected chi connectivity index (χ3v) is 3.28. The number of carboxylic acids is 1. The molecule has 2 atom stereocenters. The van der Waals surface area contributed by atoms with E-state index in [1.54, 1.807) is 0 Å². The molecule has 1 saturated heterocycles. The van der Waals surface area contributed by atoms with Crippen molar-refractivity contribution in [3.05, 3.63) is 0 Å². The quantitative estimate of drug-likeness (QED) is 0.594. The van der Waals surface area contributed by atoms with Crippen LogP contribution in [0.15, 0.2) is 0 Å². The molecule has 0 radical (unpaired) electrons. The first-order valence-corrected chi connectivity index (χ1v) is 6.44. The van der Waals surface area contributed by atoms with Gasteiger partial charge in [0.05, 0.1) is 6.42 Å². The van der Waals surface area contributed by atoms with E-state index in [2.05, 4.69) is 17.1 Å². The summed E-state index contributed by atoms with van der Waals surface area (Å²) in [6.07, 6.45) is 2.09. The van der Waals surface area contributed by atoms with E-state index in [4.69, 9.17) is 10.2 Å². The van der Waals surface area contributed by atoms with E-state index in [-0.39, 0.29) is 13.0 Å². The maximum Gasteiger partial charge on any atom is 0.304 e. The van der Waals surface area contributed by atoms with Crippen LogP contribution in [0, 0.1) is 5.92 Å². The van der Waals surface area contributed by atoms with Crippen molar-refractivity contribution < 1.29 is 15.0 Å². The highest BCUT2D eigenvalue weighted by atomic mass is 16.4. The molecule has 1 fully saturated rings. The SMILES string of the molecule is CCNC1CC(CCO)CN(CCC(=O)O)C1. The second-order valence-electron chi connectivity index (χ2n) is 4.77. The summed E-state index contributed by atoms with van der Waals surface area (Å²) < 4.78 is 0. The molecule has 2 unspecified atom stereocenters. The van der Waals surface area contributed by atoms with Gasteiger partial charge in [0.1, 0.15) is 0 Å². The molecule has 5 nitrogen and oxygen atoms in total. The Labute approximate surface area is 103 Å². The number of nitrogens with one attached hydrogen (secondary N) is 1. The van der Waals surface area contributed by atoms with Crippen LogP contribution in [0.1, 0.15) is 26.2 Å². The Morgan fingerprint density at radius 3 is 2.82 bits per heavy atom. The van der Waals surface area contributed by atoms with Gasteiger partial charge < -0.3 is 20.4 Å². The number of likely N-dealkylation sites (tertiary alicyclic amines) is 1. The van der Waals surface area contributed by atoms with Crippen LogP contribution in [0.3, 0.4) is 0 Å². The van der Waals surface area contributed by atoms with Crippen molar-refractivity contribution in [1.82, 2.24) is 10.2 Å². The van der Waals surface area contributed by atoms with Gasteiger partial charge in [0.15, 0.2) is 0 Å². The molecule has 3 N–H and O–H groups in total. The summed E-state index contributed by atoms with van der Waals surface area (Å²) in [5.74, 6) is -0.263. The lowest BCUT2D eigenvalue weighted by atomic mass is 9.91. The largest absolute Gasteiger partial charge is 0.481 e. The van der Waals surface area contributed by atoms with Gasteiger partial charge in [-0.3, -0.25) is 4.79 Å². The van der Waals surface area contributed by atoms with E-state index < -0.39 is 5.97 Å². The Bertz CT molecular complexity index is 222. The highest BCUT2D eigenvalue weighted by molar-refractivity contribution is 5.66. The van der Waals surface area contributed by atoms with Gasteiger partial charge >= 0.3 is 5.97 Å². The van der Waals surface area contributed by atoms with Gasteiger partial charge in [0.2, 0.25) is 0 Å². The summed E-state index contributed by atoms with van der Waals surface area (Å²) in [4.78, 5) is 12.8. The average molecular weight is 244 g/mol. The highest BCUT2D eigenvalue weighted by Gasteiger charge is 2.26. The smallest absolute Gasteiger partial charge is 0.304 e. The molecule has 1 aliphatic heterocycles. The minimum absolute atomic E-state index is 0.199. The van der Waals surface area contributed by atoms with Crippen LogP contribution in [0.2, 0.25) is 0 Å². The molecule has 0 bridgehead atoms. The monoisotopic (exact) mass is 244 g/mol. The second-order valence-corrected chi connectivity index (χ2v) is 4.77. The fraction of sp³-hybridized carbons (Fsp3) is 0.917. The number of likely N-dealkylation sites (N-methyl/N-ethyl adjacent to an activating group) is 1. The van der Waals surface area contributed by atoms with Crippen LogP contribution in [-0.4, -0.2) is 59.9 Å². The van der Waals surface area contributed by atoms with Crippen LogP contribution < -0.4 is 5.32 Å². The zero-order chi connectivity index (χ0) is 12.7. The number of aliphatic hydroxyl groups is 1. The molecule has 0 aromatic rings. The Morgan fingerprint density at radius 2 is 2.24 bits per heavy atom. The number of hydrogen-bond acceptors (Lipinski definition) is 4. The molecule has 5 heteroatoms. The van der Waals surface area contributed by atoms with E-state index >= 15 is 0 Å². The fourth-order valence-electron chi connectivity index (χ4n) is 2.57. The highest BCUT2D eigenvalue weighted by Crippen LogP contribution is 2.19. The first kappa shape index (κ1) is 14.4. The van der Waals surface area contributed by atoms with E-state index in [1.807, 2.05) is 0 Å². The Balaban J connectivity index is 2.42. The average Bonchev–Trinajstić information content (AvgIpc) is 2.27. The molecule has 0 aliphatic carbocycles. The number of piperidine rings is 1. The molecule has 0 spiro atoms. The minimum Gasteiger partial charge on any atom is -0.481 e. The lowest BCUT2D eigenvalue weighted by Crippen LogP contribution is -2.49. The molecule has 1 heterocycles. The number of rotatable bonds is 7. The standard InChI is InChI=1S/C12H24N2O3/c1-2-13-11-7-10(4-6-15)8-14(9-11)5-3-12(16)17/h10-11,13,15H,2-9H2,1H3,(H,16,17). The van der Waals surface area contributed by atoms with E-state index in [1.165, 1.54) is 0 Å². The van der Waals surface area contributed by atoms with Crippen LogP contribution in [0.25, 0.3) is 0 Å². The first-order chi connectivity index (χ1) is 8.15. The number of hydrogen-bond donors (Lipinski definition) is 3. The Kier molecular flexibility index (Phi) is 6.47. The molecule has 0 aromatic carbocycles. The lowest BCUT2D eigenvalue weighted by molar-refractivity contribution is -0.137. The van der Waals surface area contributed by atoms with Gasteiger partial charge in [-0.2, -0.15) is 0 Å². The van der Waals surface area contributed by atoms with Crippen LogP contribution >= 0.6 is 0 Å². The molecule has 1 aliphatic rings. The van der Waals surface area contributed by atoms with Gasteiger partial charge in [-0.05, 0) is 25.3 Å². The Morgan fingerprint density at radius 1 is 1.47 bits per heavy atom. The van der Waals surface area contributed by atoms with Gasteiger partial charge in [0, 0.05) is 32.3 Å². The van der Waals surface area contributed by atoms with Crippen molar-refractivity contribution in [2.75, 3.05) is 32.8 Å². The summed E-state index contributed by atoms with van der Waals surface area (Å²) in [6, 6.07) is 0.430. The van der Waals surface area contributed by atoms with Crippen LogP contribution in [-0.2, 0) is 4.79 Å². The lowest BCUT2D eigenvalue weighted by Gasteiger charge is -2.37. The number of carbonyl (C=O) groups is 1. The predicted molar refractivity (Wildman–Crippen MR) is 66.0 cm³/mol. The molecule has 100 valence electrons. The molecular formula is C12H24N2O3. The molecule has 1 rings (SSSR count). The van der Waals surface area contributed by atoms with Crippen LogP contribution in [0.5, 0.6) is 0 Å². The van der Waals surface area contributed by atoms with Crippen LogP contribution in [0.4, 0.5) is 0 Å². The van der Waals surface area contributed by atoms with E-state index in [9.17, 15) is 4.79 Å². The molecule has 0 saturated carbocycles. The molecule has 0 aromatic heterocycles. The van der Waals surface area contributed by atoms with Gasteiger partial charge in [-0.25, -0.2) is 0 Å². The summed E-state index contributed by atoms with van der Waals surface area (Å²) in [7, 11) is 0. The molecule has 0 amide bonds. The van der Waals surface area contributed by atoms with Gasteiger partial charge in [0.25, 0.3) is 0 Å². The maximum absolute atomic E-state index is 10.6. The minimum atomic E-state index is -0.741. The zero-order valence-electron chi connectivity index (χ0n) is 10.6. The van der Waals surface area contributed by atoms with Crippen molar-refractivity contribution in [2.45, 2.75) is 32.2 Å². The third kappa shape index (κ3) is 5.48. The topological polar surface area (TPSA) is 72.8 Å². The summed E-state index contributed by atoms with van der Waals surface area (Å²) in [5, 5.41) is 21.1. The maximum atomic E-state index is 10.6. The van der Waals surface area contributed by atoms with Gasteiger partial charge in [-0.1, -0.05) is 6.92 Å². The third-order valence-electron chi connectivity index (χ3n) is 3.28. The first-order valence-electron chi connectivity index (χ1n) is 6.44. The van der Waals surface area contributed by atoms with E-state index in [0.29, 0.717) is 18.5 Å². The fourth-order valence-corrected chi connectivity index (χ4v) is 2.57. The van der Waals surface area contributed by atoms with E-state index in [0.717, 1.165) is 32.5 Å². The van der Waals surface area contributed by atoms with Crippen molar-refractivity contribution in [3.8, 4) is 0 Å². The zero-order valence-corrected chi connectivity index (χ0v) is 10.6. The predicted octanol–water partition coefficient (Wildman–Crippen LogP) is 0.144. The number of carboxylic acid groups (broad SMARTS) is 1. The summed E-state index contributed by atoms with van der Waals surface area (Å²) in [5.41, 5.74) is 0. The summed E-state index contributed by atoms with van der Waals surface area (Å²) in [6.45, 7) is 5.68. The summed E-state index contributed by atoms with van der Waals surface area (Å²) >= 11 is 0.